The number of nitrogens with one attached hydrogen (secondary N) is 1. The summed E-state index contributed by atoms with van der Waals surface area (Å²) in [5.74, 6) is -0.668. The van der Waals surface area contributed by atoms with Gasteiger partial charge in [-0.05, 0) is 48.0 Å². The second-order valence-electron chi connectivity index (χ2n) is 6.63. The van der Waals surface area contributed by atoms with E-state index in [9.17, 15) is 9.59 Å². The molecule has 5 nitrogen and oxygen atoms in total. The number of halogens is 1. The third-order valence-electron chi connectivity index (χ3n) is 4.87. The number of hydrogen-bond acceptors (Lipinski definition) is 5. The standard InChI is InChI=1S/C22H14ClN3O2S/c23-14-7-9-15(10-8-14)26-21(27)18-19(13-4-3-11-24-12-13)25-16-5-1-2-6-17(16)29-20(18)22(26)28/h1-12,19,25H. The molecule has 0 spiro atoms. The molecule has 3 heterocycles. The van der Waals surface area contributed by atoms with Crippen LogP contribution in [0.5, 0.6) is 0 Å². The average molecular weight is 420 g/mol. The largest absolute Gasteiger partial charge is 0.373 e. The number of benzene rings is 2. The van der Waals surface area contributed by atoms with Gasteiger partial charge in [0.1, 0.15) is 0 Å². The van der Waals surface area contributed by atoms with Gasteiger partial charge in [0.2, 0.25) is 0 Å². The topological polar surface area (TPSA) is 62.3 Å². The summed E-state index contributed by atoms with van der Waals surface area (Å²) >= 11 is 7.29. The molecule has 29 heavy (non-hydrogen) atoms. The van der Waals surface area contributed by atoms with Crippen LogP contribution in [0.25, 0.3) is 0 Å². The number of thioether (sulfide) groups is 1. The molecule has 0 fully saturated rings. The van der Waals surface area contributed by atoms with Gasteiger partial charge in [-0.15, -0.1) is 0 Å². The second-order valence-corrected chi connectivity index (χ2v) is 8.12. The number of anilines is 2. The average Bonchev–Trinajstić information content (AvgIpc) is 2.90. The van der Waals surface area contributed by atoms with Crippen LogP contribution in [0.1, 0.15) is 11.6 Å². The first kappa shape index (κ1) is 18.0. The van der Waals surface area contributed by atoms with Crippen molar-refractivity contribution in [2.45, 2.75) is 10.9 Å². The van der Waals surface area contributed by atoms with E-state index in [4.69, 9.17) is 11.6 Å². The Bertz CT molecular complexity index is 1160. The molecule has 0 saturated heterocycles. The van der Waals surface area contributed by atoms with Crippen molar-refractivity contribution in [3.63, 3.8) is 0 Å². The molecule has 2 aliphatic rings. The van der Waals surface area contributed by atoms with Crippen LogP contribution in [0.4, 0.5) is 11.4 Å². The van der Waals surface area contributed by atoms with Gasteiger partial charge in [0.15, 0.2) is 0 Å². The van der Waals surface area contributed by atoms with Crippen LogP contribution in [0.3, 0.4) is 0 Å². The number of para-hydroxylation sites is 1. The summed E-state index contributed by atoms with van der Waals surface area (Å²) in [6.45, 7) is 0. The van der Waals surface area contributed by atoms with Gasteiger partial charge in [0.25, 0.3) is 11.8 Å². The van der Waals surface area contributed by atoms with Gasteiger partial charge in [-0.25, -0.2) is 4.90 Å². The molecule has 7 heteroatoms. The van der Waals surface area contributed by atoms with Crippen molar-refractivity contribution in [2.24, 2.45) is 0 Å². The van der Waals surface area contributed by atoms with E-state index in [1.54, 1.807) is 36.7 Å². The zero-order valence-corrected chi connectivity index (χ0v) is 16.6. The Morgan fingerprint density at radius 2 is 1.76 bits per heavy atom. The molecule has 1 atom stereocenters. The predicted octanol–water partition coefficient (Wildman–Crippen LogP) is 4.82. The summed E-state index contributed by atoms with van der Waals surface area (Å²) in [6.07, 6.45) is 3.39. The zero-order chi connectivity index (χ0) is 20.0. The fourth-order valence-electron chi connectivity index (χ4n) is 3.51. The number of amides is 2. The minimum Gasteiger partial charge on any atom is -0.373 e. The Hall–Kier alpha value is -3.09. The number of carbonyl (C=O) groups is 2. The highest BCUT2D eigenvalue weighted by atomic mass is 35.5. The highest BCUT2D eigenvalue weighted by Gasteiger charge is 2.45. The third-order valence-corrected chi connectivity index (χ3v) is 6.29. The van der Waals surface area contributed by atoms with E-state index in [-0.39, 0.29) is 11.8 Å². The summed E-state index contributed by atoms with van der Waals surface area (Å²) in [5, 5.41) is 3.98. The molecule has 1 N–H and O–H groups in total. The summed E-state index contributed by atoms with van der Waals surface area (Å²) in [7, 11) is 0. The molecule has 2 amide bonds. The number of imide groups is 1. The van der Waals surface area contributed by atoms with Crippen LogP contribution >= 0.6 is 23.4 Å². The number of aromatic nitrogens is 1. The first-order chi connectivity index (χ1) is 14.1. The van der Waals surface area contributed by atoms with Crippen LogP contribution in [-0.2, 0) is 9.59 Å². The first-order valence-corrected chi connectivity index (χ1v) is 10.1. The molecule has 0 bridgehead atoms. The van der Waals surface area contributed by atoms with Crippen molar-refractivity contribution in [2.75, 3.05) is 10.2 Å². The minimum absolute atomic E-state index is 0.329. The Kier molecular flexibility index (Phi) is 4.38. The van der Waals surface area contributed by atoms with Gasteiger partial charge >= 0.3 is 0 Å². The fraction of sp³-hybridized carbons (Fsp3) is 0.0455. The lowest BCUT2D eigenvalue weighted by Gasteiger charge is -2.22. The molecular formula is C22H14ClN3O2S. The zero-order valence-electron chi connectivity index (χ0n) is 15.0. The van der Waals surface area contributed by atoms with Crippen molar-refractivity contribution >= 4 is 46.6 Å². The SMILES string of the molecule is O=C1C2=C(C(=O)N1c1ccc(Cl)cc1)C(c1cccnc1)Nc1ccccc1S2. The Morgan fingerprint density at radius 1 is 0.966 bits per heavy atom. The highest BCUT2D eigenvalue weighted by Crippen LogP contribution is 2.47. The van der Waals surface area contributed by atoms with E-state index in [1.807, 2.05) is 36.4 Å². The second kappa shape index (κ2) is 7.06. The van der Waals surface area contributed by atoms with Gasteiger partial charge in [-0.2, -0.15) is 0 Å². The van der Waals surface area contributed by atoms with Crippen molar-refractivity contribution in [1.82, 2.24) is 4.98 Å². The Labute approximate surface area is 176 Å². The molecular weight excluding hydrogens is 406 g/mol. The smallest absolute Gasteiger partial charge is 0.272 e. The summed E-state index contributed by atoms with van der Waals surface area (Å²) < 4.78 is 0. The molecule has 3 aromatic rings. The van der Waals surface area contributed by atoms with Crippen LogP contribution in [0, 0.1) is 0 Å². The molecule has 2 aromatic carbocycles. The molecule has 0 radical (unpaired) electrons. The van der Waals surface area contributed by atoms with E-state index in [2.05, 4.69) is 10.3 Å². The van der Waals surface area contributed by atoms with Gasteiger partial charge in [-0.3, -0.25) is 14.6 Å². The van der Waals surface area contributed by atoms with Crippen LogP contribution in [0.15, 0.2) is 88.4 Å². The number of nitrogens with zero attached hydrogens (tertiary/aromatic N) is 2. The predicted molar refractivity (Wildman–Crippen MR) is 114 cm³/mol. The number of carbonyl (C=O) groups excluding carboxylic acids is 2. The first-order valence-electron chi connectivity index (χ1n) is 8.95. The van der Waals surface area contributed by atoms with E-state index in [0.29, 0.717) is 21.2 Å². The maximum atomic E-state index is 13.5. The maximum Gasteiger partial charge on any atom is 0.272 e. The lowest BCUT2D eigenvalue weighted by atomic mass is 9.99. The molecule has 5 rings (SSSR count). The minimum atomic E-state index is -0.483. The molecule has 1 unspecified atom stereocenters. The molecule has 0 saturated carbocycles. The van der Waals surface area contributed by atoms with Crippen molar-refractivity contribution in [1.29, 1.82) is 0 Å². The lowest BCUT2D eigenvalue weighted by Crippen LogP contribution is -2.33. The quantitative estimate of drug-likeness (QED) is 0.603. The van der Waals surface area contributed by atoms with Crippen molar-refractivity contribution in [3.8, 4) is 0 Å². The Balaban J connectivity index is 1.66. The van der Waals surface area contributed by atoms with Crippen molar-refractivity contribution < 1.29 is 9.59 Å². The number of fused-ring (bicyclic) bond motifs is 1. The van der Waals surface area contributed by atoms with E-state index in [1.165, 1.54) is 16.7 Å². The molecule has 1 aromatic heterocycles. The van der Waals surface area contributed by atoms with Crippen LogP contribution < -0.4 is 10.2 Å². The van der Waals surface area contributed by atoms with Gasteiger partial charge in [0.05, 0.1) is 22.2 Å². The van der Waals surface area contributed by atoms with Crippen LogP contribution in [-0.4, -0.2) is 16.8 Å². The molecule has 0 aliphatic carbocycles. The van der Waals surface area contributed by atoms with E-state index in [0.717, 1.165) is 16.1 Å². The monoisotopic (exact) mass is 419 g/mol. The molecule has 142 valence electrons. The van der Waals surface area contributed by atoms with Gasteiger partial charge in [-0.1, -0.05) is 41.6 Å². The molecule has 2 aliphatic heterocycles. The van der Waals surface area contributed by atoms with E-state index >= 15 is 0 Å². The summed E-state index contributed by atoms with van der Waals surface area (Å²) in [5.41, 5.74) is 2.62. The normalized spacial score (nSPS) is 18.2. The summed E-state index contributed by atoms with van der Waals surface area (Å²) in [4.78, 5) is 33.5. The van der Waals surface area contributed by atoms with Gasteiger partial charge < -0.3 is 5.32 Å². The van der Waals surface area contributed by atoms with Crippen molar-refractivity contribution in [3.05, 3.63) is 94.1 Å². The summed E-state index contributed by atoms with van der Waals surface area (Å²) in [6, 6.07) is 17.6. The highest BCUT2D eigenvalue weighted by molar-refractivity contribution is 8.04. The Morgan fingerprint density at radius 3 is 2.52 bits per heavy atom. The number of rotatable bonds is 2. The number of hydrogen-bond donors (Lipinski definition) is 1. The van der Waals surface area contributed by atoms with Crippen LogP contribution in [0.2, 0.25) is 5.02 Å². The maximum absolute atomic E-state index is 13.5. The third kappa shape index (κ3) is 3.01. The van der Waals surface area contributed by atoms with Gasteiger partial charge in [0, 0.05) is 28.0 Å². The lowest BCUT2D eigenvalue weighted by molar-refractivity contribution is -0.120. The number of pyridine rings is 1. The fourth-order valence-corrected chi connectivity index (χ4v) is 4.74. The van der Waals surface area contributed by atoms with E-state index < -0.39 is 6.04 Å².